The second kappa shape index (κ2) is 19.8. The van der Waals surface area contributed by atoms with Gasteiger partial charge < -0.3 is 29.2 Å². The molecule has 2 N–H and O–H groups in total. The summed E-state index contributed by atoms with van der Waals surface area (Å²) in [5.74, 6) is -1.39. The average Bonchev–Trinajstić information content (AvgIpc) is 3.20. The van der Waals surface area contributed by atoms with Crippen molar-refractivity contribution in [1.29, 1.82) is 0 Å². The Morgan fingerprint density at radius 1 is 0.667 bits per heavy atom. The predicted molar refractivity (Wildman–Crippen MR) is 208 cm³/mol. The number of carbonyl (C=O) groups is 2. The molecular formula is C45H48O8S. The number of carbonyl (C=O) groups excluding carboxylic acids is 2. The summed E-state index contributed by atoms with van der Waals surface area (Å²) < 4.78 is 24.4. The van der Waals surface area contributed by atoms with Gasteiger partial charge in [-0.05, 0) is 61.7 Å². The molecule has 6 rings (SSSR count). The molecule has 1 saturated heterocycles. The standard InChI is InChI=1S/C33H38O8.C12H10S/c1-23(34)32(2,3)30(35)33(37)29(40-21-26-17-11-6-12-18-26)28(39-20-25-15-9-5-10-16-25)27(41-31(33)36)22-38-19-24-13-7-4-8-14-24;1-3-7-11(8-4-1)13-12-9-5-2-6-10-12/h4-18,27-29,31,36-37H,19-22H2,1-3H3;1-10H/t27-,28-,29+,31-,33+;/m1./s1. The zero-order valence-corrected chi connectivity index (χ0v) is 31.6. The Bertz CT molecular complexity index is 1820. The number of benzene rings is 5. The number of aliphatic hydroxyl groups excluding tert-OH is 1. The van der Waals surface area contributed by atoms with Gasteiger partial charge in [-0.1, -0.05) is 139 Å². The van der Waals surface area contributed by atoms with E-state index < -0.39 is 47.2 Å². The van der Waals surface area contributed by atoms with E-state index in [1.54, 1.807) is 11.8 Å². The molecule has 0 saturated carbocycles. The fourth-order valence-corrected chi connectivity index (χ4v) is 6.75. The maximum atomic E-state index is 13.9. The van der Waals surface area contributed by atoms with Crippen LogP contribution in [0.4, 0.5) is 0 Å². The molecule has 0 amide bonds. The zero-order valence-electron chi connectivity index (χ0n) is 30.8. The maximum absolute atomic E-state index is 13.9. The Balaban J connectivity index is 0.000000360. The zero-order chi connectivity index (χ0) is 38.4. The molecule has 54 heavy (non-hydrogen) atoms. The monoisotopic (exact) mass is 748 g/mol. The lowest BCUT2D eigenvalue weighted by molar-refractivity contribution is -0.335. The Morgan fingerprint density at radius 3 is 1.52 bits per heavy atom. The van der Waals surface area contributed by atoms with Gasteiger partial charge in [-0.2, -0.15) is 0 Å². The van der Waals surface area contributed by atoms with Crippen molar-refractivity contribution in [3.8, 4) is 0 Å². The van der Waals surface area contributed by atoms with Crippen LogP contribution in [0, 0.1) is 5.41 Å². The number of rotatable bonds is 15. The smallest absolute Gasteiger partial charge is 0.203 e. The summed E-state index contributed by atoms with van der Waals surface area (Å²) in [6.45, 7) is 4.47. The first-order chi connectivity index (χ1) is 26.1. The second-order valence-corrected chi connectivity index (χ2v) is 14.7. The van der Waals surface area contributed by atoms with E-state index in [1.807, 2.05) is 103 Å². The third-order valence-corrected chi connectivity index (χ3v) is 10.3. The van der Waals surface area contributed by atoms with E-state index in [0.717, 1.165) is 16.7 Å². The van der Waals surface area contributed by atoms with Crippen molar-refractivity contribution in [2.75, 3.05) is 6.61 Å². The van der Waals surface area contributed by atoms with Gasteiger partial charge >= 0.3 is 0 Å². The first-order valence-corrected chi connectivity index (χ1v) is 18.7. The van der Waals surface area contributed by atoms with Crippen molar-refractivity contribution in [3.05, 3.63) is 168 Å². The Morgan fingerprint density at radius 2 is 1.07 bits per heavy atom. The molecule has 282 valence electrons. The van der Waals surface area contributed by atoms with Gasteiger partial charge in [0.15, 0.2) is 12.1 Å². The van der Waals surface area contributed by atoms with Crippen LogP contribution in [0.3, 0.4) is 0 Å². The van der Waals surface area contributed by atoms with Gasteiger partial charge in [0.2, 0.25) is 5.60 Å². The van der Waals surface area contributed by atoms with Crippen molar-refractivity contribution >= 4 is 23.3 Å². The Hall–Kier alpha value is -4.45. The molecule has 0 aliphatic carbocycles. The van der Waals surface area contributed by atoms with Crippen LogP contribution in [0.5, 0.6) is 0 Å². The minimum absolute atomic E-state index is 0.0110. The molecule has 9 heteroatoms. The summed E-state index contributed by atoms with van der Waals surface area (Å²) in [4.78, 5) is 28.9. The highest BCUT2D eigenvalue weighted by molar-refractivity contribution is 7.99. The van der Waals surface area contributed by atoms with E-state index in [9.17, 15) is 19.8 Å². The lowest BCUT2D eigenvalue weighted by atomic mass is 9.71. The average molecular weight is 749 g/mol. The summed E-state index contributed by atoms with van der Waals surface area (Å²) >= 11 is 1.79. The van der Waals surface area contributed by atoms with Crippen LogP contribution < -0.4 is 0 Å². The molecule has 0 radical (unpaired) electrons. The summed E-state index contributed by atoms with van der Waals surface area (Å²) in [6.07, 6.45) is -5.36. The van der Waals surface area contributed by atoms with Gasteiger partial charge in [0.25, 0.3) is 0 Å². The van der Waals surface area contributed by atoms with Gasteiger partial charge in [0.1, 0.15) is 24.1 Å². The molecule has 1 fully saturated rings. The second-order valence-electron chi connectivity index (χ2n) is 13.6. The molecule has 5 aromatic carbocycles. The number of ether oxygens (including phenoxy) is 4. The molecule has 0 unspecified atom stereocenters. The van der Waals surface area contributed by atoms with Gasteiger partial charge in [-0.25, -0.2) is 0 Å². The van der Waals surface area contributed by atoms with Crippen LogP contribution in [0.25, 0.3) is 0 Å². The van der Waals surface area contributed by atoms with E-state index in [0.29, 0.717) is 0 Å². The molecule has 1 heterocycles. The third-order valence-electron chi connectivity index (χ3n) is 9.26. The van der Waals surface area contributed by atoms with Crippen molar-refractivity contribution in [3.63, 3.8) is 0 Å². The summed E-state index contributed by atoms with van der Waals surface area (Å²) in [5, 5.41) is 23.2. The van der Waals surface area contributed by atoms with Crippen molar-refractivity contribution in [2.45, 2.75) is 80.6 Å². The summed E-state index contributed by atoms with van der Waals surface area (Å²) in [5.41, 5.74) is -1.66. The van der Waals surface area contributed by atoms with Crippen LogP contribution in [0.2, 0.25) is 0 Å². The first kappa shape index (κ1) is 40.7. The van der Waals surface area contributed by atoms with Crippen LogP contribution in [0.15, 0.2) is 161 Å². The van der Waals surface area contributed by atoms with E-state index in [1.165, 1.54) is 30.6 Å². The topological polar surface area (TPSA) is 112 Å². The van der Waals surface area contributed by atoms with Gasteiger partial charge in [0, 0.05) is 9.79 Å². The molecule has 0 aromatic heterocycles. The Labute approximate surface area is 322 Å². The van der Waals surface area contributed by atoms with Crippen molar-refractivity contribution in [2.24, 2.45) is 5.41 Å². The summed E-state index contributed by atoms with van der Waals surface area (Å²) in [7, 11) is 0. The number of aliphatic hydroxyl groups is 2. The lowest BCUT2D eigenvalue weighted by Crippen LogP contribution is -2.73. The molecule has 1 aliphatic rings. The number of hydrogen-bond acceptors (Lipinski definition) is 9. The number of hydrogen-bond donors (Lipinski definition) is 2. The molecule has 0 spiro atoms. The van der Waals surface area contributed by atoms with Crippen molar-refractivity contribution in [1.82, 2.24) is 0 Å². The molecule has 0 bridgehead atoms. The van der Waals surface area contributed by atoms with E-state index in [4.69, 9.17) is 18.9 Å². The quantitative estimate of drug-likeness (QED) is 0.104. The normalized spacial score (nSPS) is 21.1. The minimum Gasteiger partial charge on any atom is -0.375 e. The lowest BCUT2D eigenvalue weighted by Gasteiger charge is -2.50. The molecule has 5 atom stereocenters. The van der Waals surface area contributed by atoms with Crippen LogP contribution >= 0.6 is 11.8 Å². The van der Waals surface area contributed by atoms with E-state index >= 15 is 0 Å². The van der Waals surface area contributed by atoms with Crippen LogP contribution in [-0.2, 0) is 48.4 Å². The maximum Gasteiger partial charge on any atom is 0.203 e. The Kier molecular flexibility index (Phi) is 14.9. The molecular weight excluding hydrogens is 701 g/mol. The molecule has 1 aliphatic heterocycles. The van der Waals surface area contributed by atoms with E-state index in [-0.39, 0.29) is 26.4 Å². The predicted octanol–water partition coefficient (Wildman–Crippen LogP) is 7.84. The van der Waals surface area contributed by atoms with Crippen LogP contribution in [-0.4, -0.2) is 58.6 Å². The molecule has 5 aromatic rings. The SMILES string of the molecule is CC(=O)C(C)(C)C(=O)[C@]1(O)[C@H](O)O[C@H](COCc2ccccc2)[C@@H](OCc2ccccc2)[C@@H]1OCc1ccccc1.c1ccc(Sc2ccccc2)cc1. The van der Waals surface area contributed by atoms with Crippen LogP contribution in [0.1, 0.15) is 37.5 Å². The van der Waals surface area contributed by atoms with Crippen molar-refractivity contribution < 1.29 is 38.7 Å². The van der Waals surface area contributed by atoms with Gasteiger partial charge in [0.05, 0.1) is 31.8 Å². The van der Waals surface area contributed by atoms with E-state index in [2.05, 4.69) is 48.5 Å². The fraction of sp³-hybridized carbons (Fsp3) is 0.289. The minimum atomic E-state index is -2.61. The third kappa shape index (κ3) is 10.8. The highest BCUT2D eigenvalue weighted by atomic mass is 32.2. The fourth-order valence-electron chi connectivity index (χ4n) is 5.89. The highest BCUT2D eigenvalue weighted by Gasteiger charge is 2.64. The highest BCUT2D eigenvalue weighted by Crippen LogP contribution is 2.39. The van der Waals surface area contributed by atoms with Gasteiger partial charge in [-0.15, -0.1) is 0 Å². The number of ketones is 2. The summed E-state index contributed by atoms with van der Waals surface area (Å²) in [6, 6.07) is 49.0. The molecule has 8 nitrogen and oxygen atoms in total. The first-order valence-electron chi connectivity index (χ1n) is 17.9. The number of Topliss-reactive ketones (excluding diaryl/α,β-unsaturated/α-hetero) is 2. The van der Waals surface area contributed by atoms with Gasteiger partial charge in [-0.3, -0.25) is 9.59 Å². The largest absolute Gasteiger partial charge is 0.375 e.